The number of aromatic nitrogens is 4. The number of ether oxygens (including phenoxy) is 1. The number of piperidine rings is 2. The highest BCUT2D eigenvalue weighted by Gasteiger charge is 2.37. The van der Waals surface area contributed by atoms with Gasteiger partial charge in [-0.25, -0.2) is 27.5 Å². The average molecular weight is 895 g/mol. The molecule has 2 aromatic heterocycles. The fraction of sp³-hybridized carbons (Fsp3) is 0.680. The second-order valence-corrected chi connectivity index (χ2v) is 21.1. The number of alkyl halides is 4. The van der Waals surface area contributed by atoms with Crippen LogP contribution in [0.3, 0.4) is 0 Å². The maximum Gasteiger partial charge on any atom is 0.253 e. The minimum atomic E-state index is -2.53. The van der Waals surface area contributed by atoms with Gasteiger partial charge in [-0.1, -0.05) is 41.5 Å². The molecular weight excluding hydrogens is 825 g/mol. The first-order valence-corrected chi connectivity index (χ1v) is 23.8. The van der Waals surface area contributed by atoms with E-state index in [-0.39, 0.29) is 72.4 Å². The van der Waals surface area contributed by atoms with E-state index < -0.39 is 11.8 Å². The zero-order valence-electron chi connectivity index (χ0n) is 39.1. The molecule has 1 N–H and O–H groups in total. The van der Waals surface area contributed by atoms with Crippen molar-refractivity contribution in [3.63, 3.8) is 0 Å². The van der Waals surface area contributed by atoms with Crippen LogP contribution in [0.5, 0.6) is 0 Å². The summed E-state index contributed by atoms with van der Waals surface area (Å²) in [5.74, 6) is -2.76. The van der Waals surface area contributed by atoms with E-state index in [9.17, 15) is 32.3 Å². The van der Waals surface area contributed by atoms with Crippen molar-refractivity contribution >= 4 is 33.9 Å². The molecule has 4 heterocycles. The first-order valence-electron chi connectivity index (χ1n) is 23.8. The van der Waals surface area contributed by atoms with Crippen LogP contribution >= 0.6 is 0 Å². The monoisotopic (exact) mass is 895 g/mol. The van der Waals surface area contributed by atoms with Crippen molar-refractivity contribution in [2.24, 2.45) is 11.8 Å². The predicted molar refractivity (Wildman–Crippen MR) is 242 cm³/mol. The third-order valence-corrected chi connectivity index (χ3v) is 13.8. The van der Waals surface area contributed by atoms with Crippen LogP contribution < -0.4 is 0 Å². The molecule has 2 amide bonds. The highest BCUT2D eigenvalue weighted by Crippen LogP contribution is 2.40. The van der Waals surface area contributed by atoms with E-state index in [2.05, 4.69) is 50.7 Å². The zero-order valence-corrected chi connectivity index (χ0v) is 39.1. The summed E-state index contributed by atoms with van der Waals surface area (Å²) in [6.45, 7) is 19.3. The maximum absolute atomic E-state index is 13.6. The van der Waals surface area contributed by atoms with Crippen LogP contribution in [0.15, 0.2) is 36.4 Å². The maximum atomic E-state index is 13.6. The van der Waals surface area contributed by atoms with Crippen LogP contribution in [-0.2, 0) is 28.7 Å². The Labute approximate surface area is 376 Å². The SMILES string of the molecule is CC(C)(C)c1nc2cc(C(=O)N3CCC(O)CC3)ccc2n1CC1CCC(F)(F)CC1.CCOC1CCN(C(=O)c2ccc3c(c2)nc(C(C)(C)C)n3CC2CCC(F)(F)CC2)CC1. The number of likely N-dealkylation sites (tertiary alicyclic amines) is 2. The van der Waals surface area contributed by atoms with Crippen molar-refractivity contribution in [1.82, 2.24) is 28.9 Å². The third-order valence-electron chi connectivity index (χ3n) is 13.8. The predicted octanol–water partition coefficient (Wildman–Crippen LogP) is 10.6. The van der Waals surface area contributed by atoms with E-state index in [1.165, 1.54) is 0 Å². The van der Waals surface area contributed by atoms with Crippen molar-refractivity contribution in [2.75, 3.05) is 32.8 Å². The second kappa shape index (κ2) is 19.1. The highest BCUT2D eigenvalue weighted by atomic mass is 19.3. The number of imidazole rings is 2. The second-order valence-electron chi connectivity index (χ2n) is 21.1. The lowest BCUT2D eigenvalue weighted by Crippen LogP contribution is -2.40. The number of carbonyl (C=O) groups is 2. The van der Waals surface area contributed by atoms with Crippen molar-refractivity contribution in [1.29, 1.82) is 0 Å². The fourth-order valence-electron chi connectivity index (χ4n) is 10.0. The Morgan fingerprint density at radius 1 is 0.641 bits per heavy atom. The first-order chi connectivity index (χ1) is 30.1. The van der Waals surface area contributed by atoms with E-state index in [1.807, 2.05) is 48.2 Å². The number of aliphatic hydroxyl groups excluding tert-OH is 1. The number of nitrogens with zero attached hydrogens (tertiary/aromatic N) is 6. The largest absolute Gasteiger partial charge is 0.393 e. The van der Waals surface area contributed by atoms with Gasteiger partial charge in [0.1, 0.15) is 11.6 Å². The van der Waals surface area contributed by atoms with Crippen LogP contribution in [-0.4, -0.2) is 103 Å². The molecule has 4 aliphatic rings. The summed E-state index contributed by atoms with van der Waals surface area (Å²) in [6.07, 6.45) is 4.82. The van der Waals surface area contributed by atoms with Crippen molar-refractivity contribution < 1.29 is 37.0 Å². The molecule has 8 rings (SSSR count). The number of benzene rings is 2. The fourth-order valence-corrected chi connectivity index (χ4v) is 10.0. The van der Waals surface area contributed by atoms with Gasteiger partial charge in [-0.2, -0.15) is 0 Å². The Bertz CT molecular complexity index is 2240. The van der Waals surface area contributed by atoms with Gasteiger partial charge < -0.3 is 28.8 Å². The number of carbonyl (C=O) groups excluding carboxylic acids is 2. The van der Waals surface area contributed by atoms with E-state index in [0.29, 0.717) is 95.5 Å². The van der Waals surface area contributed by atoms with Gasteiger partial charge in [-0.3, -0.25) is 9.59 Å². The van der Waals surface area contributed by atoms with Crippen LogP contribution in [0, 0.1) is 11.8 Å². The van der Waals surface area contributed by atoms with Crippen LogP contribution in [0.2, 0.25) is 0 Å². The Morgan fingerprint density at radius 2 is 1.02 bits per heavy atom. The standard InChI is InChI=1S/C26H37F2N3O2.C24H33F2N3O2/c1-5-33-20-10-14-30(15-11-20)23(32)19-6-7-22-21(16-19)29-24(25(2,3)4)31(22)17-18-8-12-26(27,28)13-9-18;1-23(2,3)22-27-19-14-17(21(31)28-12-8-18(30)9-13-28)4-5-20(19)29(22)15-16-6-10-24(25,26)11-7-16/h6-7,16,18,20H,5,8-15,17H2,1-4H3;4-5,14,16,18,30H,6-13,15H2,1-3H3. The topological polar surface area (TPSA) is 106 Å². The summed E-state index contributed by atoms with van der Waals surface area (Å²) in [7, 11) is 0. The van der Waals surface area contributed by atoms with Gasteiger partial charge >= 0.3 is 0 Å². The number of aliphatic hydroxyl groups is 1. The van der Waals surface area contributed by atoms with Gasteiger partial charge in [0.05, 0.1) is 34.3 Å². The van der Waals surface area contributed by atoms with Gasteiger partial charge in [-0.05, 0) is 107 Å². The molecule has 352 valence electrons. The zero-order chi connectivity index (χ0) is 46.2. The number of amides is 2. The molecule has 10 nitrogen and oxygen atoms in total. The lowest BCUT2D eigenvalue weighted by Gasteiger charge is -2.31. The molecule has 4 aromatic rings. The number of rotatable bonds is 8. The molecule has 2 aliphatic heterocycles. The van der Waals surface area contributed by atoms with Crippen molar-refractivity contribution in [3.05, 3.63) is 59.2 Å². The molecule has 4 fully saturated rings. The molecule has 0 atom stereocenters. The first kappa shape index (κ1) is 47.9. The highest BCUT2D eigenvalue weighted by molar-refractivity contribution is 5.98. The minimum absolute atomic E-state index is 0.0322. The van der Waals surface area contributed by atoms with Gasteiger partial charge in [0, 0.05) is 93.5 Å². The number of halogens is 4. The number of fused-ring (bicyclic) bond motifs is 2. The van der Waals surface area contributed by atoms with Crippen molar-refractivity contribution in [2.45, 2.75) is 173 Å². The molecule has 2 saturated heterocycles. The molecule has 14 heteroatoms. The van der Waals surface area contributed by atoms with Crippen molar-refractivity contribution in [3.8, 4) is 0 Å². The summed E-state index contributed by atoms with van der Waals surface area (Å²) >= 11 is 0. The molecule has 64 heavy (non-hydrogen) atoms. The van der Waals surface area contributed by atoms with Crippen LogP contribution in [0.25, 0.3) is 22.1 Å². The molecule has 2 aromatic carbocycles. The van der Waals surface area contributed by atoms with E-state index in [4.69, 9.17) is 14.7 Å². The lowest BCUT2D eigenvalue weighted by molar-refractivity contribution is -0.0478. The lowest BCUT2D eigenvalue weighted by atomic mass is 9.86. The average Bonchev–Trinajstić information content (AvgIpc) is 3.81. The number of hydrogen-bond donors (Lipinski definition) is 1. The van der Waals surface area contributed by atoms with E-state index >= 15 is 0 Å². The van der Waals surface area contributed by atoms with E-state index in [0.717, 1.165) is 46.6 Å². The summed E-state index contributed by atoms with van der Waals surface area (Å²) in [5.41, 5.74) is 4.36. The summed E-state index contributed by atoms with van der Waals surface area (Å²) in [5, 5.41) is 9.70. The molecule has 0 radical (unpaired) electrons. The smallest absolute Gasteiger partial charge is 0.253 e. The quantitative estimate of drug-likeness (QED) is 0.177. The molecular formula is C50H70F4N6O4. The Morgan fingerprint density at radius 3 is 1.38 bits per heavy atom. The van der Waals surface area contributed by atoms with Gasteiger partial charge in [-0.15, -0.1) is 0 Å². The van der Waals surface area contributed by atoms with Gasteiger partial charge in [0.25, 0.3) is 11.8 Å². The third kappa shape index (κ3) is 11.3. The van der Waals surface area contributed by atoms with E-state index in [1.54, 1.807) is 4.90 Å². The summed E-state index contributed by atoms with van der Waals surface area (Å²) in [6, 6.07) is 11.4. The molecule has 0 spiro atoms. The Kier molecular flexibility index (Phi) is 14.3. The normalized spacial score (nSPS) is 20.8. The number of hydrogen-bond acceptors (Lipinski definition) is 6. The molecule has 2 saturated carbocycles. The molecule has 0 unspecified atom stereocenters. The minimum Gasteiger partial charge on any atom is -0.393 e. The van der Waals surface area contributed by atoms with Gasteiger partial charge in [0.2, 0.25) is 11.8 Å². The summed E-state index contributed by atoms with van der Waals surface area (Å²) < 4.78 is 64.6. The van der Waals surface area contributed by atoms with Gasteiger partial charge in [0.15, 0.2) is 0 Å². The summed E-state index contributed by atoms with van der Waals surface area (Å²) in [4.78, 5) is 39.6. The van der Waals surface area contributed by atoms with Crippen LogP contribution in [0.4, 0.5) is 17.6 Å². The molecule has 2 aliphatic carbocycles. The Hall–Kier alpha value is -4.04. The molecule has 0 bridgehead atoms. The van der Waals surface area contributed by atoms with Crippen LogP contribution in [0.1, 0.15) is 158 Å². The Balaban J connectivity index is 0.000000192.